The average Bonchev–Trinajstić information content (AvgIpc) is 3.25. The number of rotatable bonds is 5. The van der Waals surface area contributed by atoms with Gasteiger partial charge in [-0.1, -0.05) is 18.2 Å². The number of nitrogens with one attached hydrogen (secondary N) is 2. The Balaban J connectivity index is 1.46. The largest absolute Gasteiger partial charge is 0.456 e. The summed E-state index contributed by atoms with van der Waals surface area (Å²) < 4.78 is 5.73. The fraction of sp³-hybridized carbons (Fsp3) is 0.182. The number of nitrogens with zero attached hydrogens (tertiary/aromatic N) is 1. The van der Waals surface area contributed by atoms with Gasteiger partial charge in [-0.25, -0.2) is 0 Å². The Labute approximate surface area is 158 Å². The van der Waals surface area contributed by atoms with E-state index in [-0.39, 0.29) is 5.91 Å². The van der Waals surface area contributed by atoms with Crippen molar-refractivity contribution in [3.8, 4) is 11.5 Å². The zero-order valence-electron chi connectivity index (χ0n) is 14.9. The number of anilines is 1. The van der Waals surface area contributed by atoms with E-state index >= 15 is 0 Å². The van der Waals surface area contributed by atoms with Crippen molar-refractivity contribution < 1.29 is 9.53 Å². The molecule has 2 N–H and O–H groups in total. The standard InChI is InChI=1S/C22H21N3O2/c26-22(21-6-2-1-5-20(21)16-11-13-24-14-16)25-17-7-9-18(10-8-17)27-19-4-3-12-23-15-19/h1-10,12,15-16,24H,11,13-14H2,(H,25,26). The normalized spacial score (nSPS) is 16.1. The molecule has 0 spiro atoms. The lowest BCUT2D eigenvalue weighted by molar-refractivity contribution is 0.102. The molecule has 0 radical (unpaired) electrons. The molecule has 3 aromatic rings. The molecule has 2 heterocycles. The molecule has 0 bridgehead atoms. The molecule has 1 aliphatic rings. The van der Waals surface area contributed by atoms with Crippen LogP contribution in [0.1, 0.15) is 28.3 Å². The fourth-order valence-electron chi connectivity index (χ4n) is 3.33. The van der Waals surface area contributed by atoms with Gasteiger partial charge < -0.3 is 15.4 Å². The smallest absolute Gasteiger partial charge is 0.255 e. The summed E-state index contributed by atoms with van der Waals surface area (Å²) in [4.78, 5) is 16.8. The number of aromatic nitrogens is 1. The van der Waals surface area contributed by atoms with Crippen molar-refractivity contribution in [1.29, 1.82) is 0 Å². The van der Waals surface area contributed by atoms with Crippen molar-refractivity contribution in [2.24, 2.45) is 0 Å². The SMILES string of the molecule is O=C(Nc1ccc(Oc2cccnc2)cc1)c1ccccc1C1CCNC1. The number of carbonyl (C=O) groups is 1. The van der Waals surface area contributed by atoms with Crippen LogP contribution in [0.2, 0.25) is 0 Å². The Kier molecular flexibility index (Phi) is 5.12. The highest BCUT2D eigenvalue weighted by Gasteiger charge is 2.22. The third kappa shape index (κ3) is 4.15. The summed E-state index contributed by atoms with van der Waals surface area (Å²) in [6.07, 6.45) is 4.42. The molecule has 1 saturated heterocycles. The molecule has 1 unspecified atom stereocenters. The molecule has 1 fully saturated rings. The number of hydrogen-bond donors (Lipinski definition) is 2. The second-order valence-corrected chi connectivity index (χ2v) is 6.55. The first-order valence-corrected chi connectivity index (χ1v) is 9.08. The van der Waals surface area contributed by atoms with E-state index in [1.165, 1.54) is 0 Å². The van der Waals surface area contributed by atoms with E-state index in [1.54, 1.807) is 12.4 Å². The predicted octanol–water partition coefficient (Wildman–Crippen LogP) is 4.20. The van der Waals surface area contributed by atoms with E-state index in [9.17, 15) is 4.79 Å². The molecule has 5 nitrogen and oxygen atoms in total. The van der Waals surface area contributed by atoms with Crippen LogP contribution in [-0.2, 0) is 0 Å². The summed E-state index contributed by atoms with van der Waals surface area (Å²) in [6.45, 7) is 1.92. The molecule has 1 aliphatic heterocycles. The average molecular weight is 359 g/mol. The molecule has 0 saturated carbocycles. The maximum Gasteiger partial charge on any atom is 0.255 e. The van der Waals surface area contributed by atoms with Crippen molar-refractivity contribution in [2.75, 3.05) is 18.4 Å². The second-order valence-electron chi connectivity index (χ2n) is 6.55. The molecular formula is C22H21N3O2. The van der Waals surface area contributed by atoms with Gasteiger partial charge in [0.05, 0.1) is 6.20 Å². The van der Waals surface area contributed by atoms with E-state index in [1.807, 2.05) is 54.6 Å². The topological polar surface area (TPSA) is 63.2 Å². The molecule has 1 amide bonds. The van der Waals surface area contributed by atoms with Gasteiger partial charge in [-0.05, 0) is 66.9 Å². The first-order valence-electron chi connectivity index (χ1n) is 9.08. The van der Waals surface area contributed by atoms with Gasteiger partial charge in [0.15, 0.2) is 0 Å². The van der Waals surface area contributed by atoms with Gasteiger partial charge in [0.1, 0.15) is 11.5 Å². The predicted molar refractivity (Wildman–Crippen MR) is 105 cm³/mol. The lowest BCUT2D eigenvalue weighted by Crippen LogP contribution is -2.17. The zero-order valence-corrected chi connectivity index (χ0v) is 14.9. The van der Waals surface area contributed by atoms with Crippen molar-refractivity contribution >= 4 is 11.6 Å². The van der Waals surface area contributed by atoms with Crippen LogP contribution in [0.3, 0.4) is 0 Å². The highest BCUT2D eigenvalue weighted by molar-refractivity contribution is 6.05. The van der Waals surface area contributed by atoms with Gasteiger partial charge in [-0.15, -0.1) is 0 Å². The van der Waals surface area contributed by atoms with E-state index in [4.69, 9.17) is 4.74 Å². The van der Waals surface area contributed by atoms with Crippen LogP contribution in [-0.4, -0.2) is 24.0 Å². The molecular weight excluding hydrogens is 338 g/mol. The summed E-state index contributed by atoms with van der Waals surface area (Å²) >= 11 is 0. The summed E-state index contributed by atoms with van der Waals surface area (Å²) in [6, 6.07) is 18.8. The molecule has 4 rings (SSSR count). The Hall–Kier alpha value is -3.18. The molecule has 2 aromatic carbocycles. The summed E-state index contributed by atoms with van der Waals surface area (Å²) in [5.74, 6) is 1.67. The van der Waals surface area contributed by atoms with Crippen LogP contribution >= 0.6 is 0 Å². The number of benzene rings is 2. The van der Waals surface area contributed by atoms with Gasteiger partial charge in [0.25, 0.3) is 5.91 Å². The summed E-state index contributed by atoms with van der Waals surface area (Å²) in [5, 5.41) is 6.35. The van der Waals surface area contributed by atoms with Crippen LogP contribution in [0.25, 0.3) is 0 Å². The van der Waals surface area contributed by atoms with Gasteiger partial charge in [0.2, 0.25) is 0 Å². The zero-order chi connectivity index (χ0) is 18.5. The van der Waals surface area contributed by atoms with Crippen molar-refractivity contribution in [1.82, 2.24) is 10.3 Å². The maximum atomic E-state index is 12.8. The number of hydrogen-bond acceptors (Lipinski definition) is 4. The van der Waals surface area contributed by atoms with Gasteiger partial charge in [-0.2, -0.15) is 0 Å². The van der Waals surface area contributed by atoms with Gasteiger partial charge in [-0.3, -0.25) is 9.78 Å². The molecule has 1 atom stereocenters. The molecule has 5 heteroatoms. The van der Waals surface area contributed by atoms with Crippen LogP contribution in [0.4, 0.5) is 5.69 Å². The van der Waals surface area contributed by atoms with E-state index < -0.39 is 0 Å². The Bertz CT molecular complexity index is 904. The Morgan fingerprint density at radius 3 is 2.63 bits per heavy atom. The van der Waals surface area contributed by atoms with Crippen LogP contribution in [0.15, 0.2) is 73.1 Å². The highest BCUT2D eigenvalue weighted by atomic mass is 16.5. The maximum absolute atomic E-state index is 12.8. The number of carbonyl (C=O) groups excluding carboxylic acids is 1. The minimum absolute atomic E-state index is 0.0848. The molecule has 136 valence electrons. The van der Waals surface area contributed by atoms with E-state index in [0.29, 0.717) is 17.4 Å². The molecule has 0 aliphatic carbocycles. The van der Waals surface area contributed by atoms with Crippen molar-refractivity contribution in [3.63, 3.8) is 0 Å². The third-order valence-electron chi connectivity index (χ3n) is 4.69. The third-order valence-corrected chi connectivity index (χ3v) is 4.69. The monoisotopic (exact) mass is 359 g/mol. The van der Waals surface area contributed by atoms with Crippen LogP contribution in [0, 0.1) is 0 Å². The van der Waals surface area contributed by atoms with E-state index in [2.05, 4.69) is 21.7 Å². The lowest BCUT2D eigenvalue weighted by atomic mass is 9.93. The van der Waals surface area contributed by atoms with Crippen molar-refractivity contribution in [2.45, 2.75) is 12.3 Å². The van der Waals surface area contributed by atoms with Crippen molar-refractivity contribution in [3.05, 3.63) is 84.2 Å². The molecule has 27 heavy (non-hydrogen) atoms. The number of amides is 1. The fourth-order valence-corrected chi connectivity index (χ4v) is 3.33. The second kappa shape index (κ2) is 8.01. The lowest BCUT2D eigenvalue weighted by Gasteiger charge is -2.15. The van der Waals surface area contributed by atoms with Gasteiger partial charge >= 0.3 is 0 Å². The minimum atomic E-state index is -0.0848. The summed E-state index contributed by atoms with van der Waals surface area (Å²) in [7, 11) is 0. The van der Waals surface area contributed by atoms with Crippen LogP contribution < -0.4 is 15.4 Å². The minimum Gasteiger partial charge on any atom is -0.456 e. The Morgan fingerprint density at radius 2 is 1.89 bits per heavy atom. The summed E-state index contributed by atoms with van der Waals surface area (Å²) in [5.41, 5.74) is 2.58. The van der Waals surface area contributed by atoms with Crippen LogP contribution in [0.5, 0.6) is 11.5 Å². The first-order chi connectivity index (χ1) is 13.3. The number of pyridine rings is 1. The first kappa shape index (κ1) is 17.2. The Morgan fingerprint density at radius 1 is 1.04 bits per heavy atom. The quantitative estimate of drug-likeness (QED) is 0.716. The van der Waals surface area contributed by atoms with Gasteiger partial charge in [0, 0.05) is 24.0 Å². The number of ether oxygens (including phenoxy) is 1. The highest BCUT2D eigenvalue weighted by Crippen LogP contribution is 2.27. The molecule has 1 aromatic heterocycles. The van der Waals surface area contributed by atoms with E-state index in [0.717, 1.165) is 36.3 Å².